The van der Waals surface area contributed by atoms with E-state index in [4.69, 9.17) is 14.4 Å². The van der Waals surface area contributed by atoms with Crippen LogP contribution in [-0.4, -0.2) is 48.0 Å². The van der Waals surface area contributed by atoms with E-state index >= 15 is 0 Å². The normalized spacial score (nSPS) is 23.9. The molecule has 102 valence electrons. The average molecular weight is 276 g/mol. The number of carbonyl (C=O) groups excluding carboxylic acids is 2. The number of hydrogen-bond acceptors (Lipinski definition) is 5. The van der Waals surface area contributed by atoms with E-state index in [0.717, 1.165) is 0 Å². The highest BCUT2D eigenvalue weighted by Gasteiger charge is 2.29. The second-order valence-electron chi connectivity index (χ2n) is 3.55. The molecule has 0 saturated carbocycles. The summed E-state index contributed by atoms with van der Waals surface area (Å²) in [5.74, 6) is -0.297. The topological polar surface area (TPSA) is 88.1 Å². The Balaban J connectivity index is 2.45. The number of hydrogen-bond donors (Lipinski definition) is 2. The highest BCUT2D eigenvalue weighted by Crippen LogP contribution is 2.24. The number of nitrogens with one attached hydrogen (secondary N) is 1. The SMILES string of the molecule is CNC(=O)/C=C\N(C=O)C1CCC(OCPO)O1. The molecule has 7 nitrogen and oxygen atoms in total. The monoisotopic (exact) mass is 276 g/mol. The largest absolute Gasteiger partial charge is 0.375 e. The summed E-state index contributed by atoms with van der Waals surface area (Å²) in [4.78, 5) is 31.8. The van der Waals surface area contributed by atoms with Crippen LogP contribution in [0.4, 0.5) is 0 Å². The van der Waals surface area contributed by atoms with Gasteiger partial charge in [0.1, 0.15) is 6.23 Å². The number of carbonyl (C=O) groups is 2. The van der Waals surface area contributed by atoms with Gasteiger partial charge in [0.25, 0.3) is 0 Å². The second-order valence-corrected chi connectivity index (χ2v) is 4.15. The molecule has 1 aliphatic rings. The molecular weight excluding hydrogens is 259 g/mol. The predicted octanol–water partition coefficient (Wildman–Crippen LogP) is -0.273. The van der Waals surface area contributed by atoms with Crippen molar-refractivity contribution < 1.29 is 24.0 Å². The number of ether oxygens (including phenoxy) is 2. The molecule has 1 saturated heterocycles. The minimum absolute atomic E-state index is 0.229. The van der Waals surface area contributed by atoms with Crippen LogP contribution in [-0.2, 0) is 19.1 Å². The van der Waals surface area contributed by atoms with Crippen LogP contribution in [0.25, 0.3) is 0 Å². The van der Waals surface area contributed by atoms with Crippen molar-refractivity contribution in [2.45, 2.75) is 25.4 Å². The van der Waals surface area contributed by atoms with Crippen molar-refractivity contribution in [3.8, 4) is 0 Å². The van der Waals surface area contributed by atoms with E-state index in [1.807, 2.05) is 0 Å². The molecule has 0 spiro atoms. The van der Waals surface area contributed by atoms with Gasteiger partial charge in [0.2, 0.25) is 12.3 Å². The lowest BCUT2D eigenvalue weighted by molar-refractivity contribution is -0.155. The van der Waals surface area contributed by atoms with E-state index in [1.165, 1.54) is 24.2 Å². The molecule has 3 atom stereocenters. The molecule has 1 heterocycles. The second kappa shape index (κ2) is 8.16. The van der Waals surface area contributed by atoms with E-state index in [9.17, 15) is 9.59 Å². The maximum absolute atomic E-state index is 11.0. The third-order valence-corrected chi connectivity index (χ3v) is 2.69. The van der Waals surface area contributed by atoms with Crippen molar-refractivity contribution in [1.82, 2.24) is 10.2 Å². The molecule has 0 bridgehead atoms. The fourth-order valence-corrected chi connectivity index (χ4v) is 1.76. The number of nitrogens with zero attached hydrogens (tertiary/aromatic N) is 1. The Morgan fingerprint density at radius 3 is 3.06 bits per heavy atom. The zero-order chi connectivity index (χ0) is 13.4. The first-order chi connectivity index (χ1) is 8.71. The minimum Gasteiger partial charge on any atom is -0.375 e. The Labute approximate surface area is 107 Å². The first-order valence-electron chi connectivity index (χ1n) is 5.48. The summed E-state index contributed by atoms with van der Waals surface area (Å²) < 4.78 is 10.7. The number of rotatable bonds is 7. The van der Waals surface area contributed by atoms with Crippen molar-refractivity contribution in [3.63, 3.8) is 0 Å². The first kappa shape index (κ1) is 15.0. The molecule has 1 fully saturated rings. The molecule has 1 aliphatic heterocycles. The maximum atomic E-state index is 11.0. The summed E-state index contributed by atoms with van der Waals surface area (Å²) in [6.45, 7) is 0. The van der Waals surface area contributed by atoms with Gasteiger partial charge in [0.15, 0.2) is 6.29 Å². The van der Waals surface area contributed by atoms with Crippen LogP contribution in [0, 0.1) is 0 Å². The smallest absolute Gasteiger partial charge is 0.245 e. The quantitative estimate of drug-likeness (QED) is 0.379. The van der Waals surface area contributed by atoms with E-state index in [1.54, 1.807) is 0 Å². The van der Waals surface area contributed by atoms with Crippen molar-refractivity contribution in [2.75, 3.05) is 13.4 Å². The third-order valence-electron chi connectivity index (χ3n) is 2.39. The Hall–Kier alpha value is -1.01. The predicted molar refractivity (Wildman–Crippen MR) is 65.5 cm³/mol. The zero-order valence-corrected chi connectivity index (χ0v) is 11.0. The molecule has 2 amide bonds. The Bertz CT molecular complexity index is 313. The summed E-state index contributed by atoms with van der Waals surface area (Å²) >= 11 is 0. The molecular formula is C10H17N2O5P. The van der Waals surface area contributed by atoms with Gasteiger partial charge >= 0.3 is 0 Å². The Morgan fingerprint density at radius 1 is 1.67 bits per heavy atom. The van der Waals surface area contributed by atoms with Gasteiger partial charge in [-0.15, -0.1) is 0 Å². The Morgan fingerprint density at radius 2 is 2.44 bits per heavy atom. The molecule has 0 radical (unpaired) electrons. The van der Waals surface area contributed by atoms with E-state index in [-0.39, 0.29) is 21.1 Å². The fourth-order valence-electron chi connectivity index (χ4n) is 1.50. The van der Waals surface area contributed by atoms with Gasteiger partial charge < -0.3 is 19.7 Å². The molecule has 2 N–H and O–H groups in total. The maximum Gasteiger partial charge on any atom is 0.245 e. The van der Waals surface area contributed by atoms with Crippen molar-refractivity contribution in [3.05, 3.63) is 12.3 Å². The van der Waals surface area contributed by atoms with Gasteiger partial charge in [-0.3, -0.25) is 14.5 Å². The van der Waals surface area contributed by atoms with Gasteiger partial charge in [0, 0.05) is 34.6 Å². The summed E-state index contributed by atoms with van der Waals surface area (Å²) in [6.07, 6.45) is 3.87. The summed E-state index contributed by atoms with van der Waals surface area (Å²) in [5, 5.41) is 2.41. The Kier molecular flexibility index (Phi) is 6.82. The third kappa shape index (κ3) is 4.70. The lowest BCUT2D eigenvalue weighted by Gasteiger charge is -2.20. The highest BCUT2D eigenvalue weighted by molar-refractivity contribution is 7.30. The number of likely N-dealkylation sites (N-methyl/N-ethyl adjacent to an activating group) is 1. The van der Waals surface area contributed by atoms with Crippen molar-refractivity contribution >= 4 is 21.1 Å². The molecule has 3 unspecified atom stereocenters. The lowest BCUT2D eigenvalue weighted by atomic mass is 10.3. The average Bonchev–Trinajstić information content (AvgIpc) is 2.85. The molecule has 0 aromatic carbocycles. The summed E-state index contributed by atoms with van der Waals surface area (Å²) in [7, 11) is 1.22. The van der Waals surface area contributed by atoms with Gasteiger partial charge in [-0.1, -0.05) is 0 Å². The van der Waals surface area contributed by atoms with Crippen molar-refractivity contribution in [2.24, 2.45) is 0 Å². The number of amides is 2. The van der Waals surface area contributed by atoms with Crippen LogP contribution in [0.5, 0.6) is 0 Å². The van der Waals surface area contributed by atoms with Crippen LogP contribution in [0.3, 0.4) is 0 Å². The standard InChI is InChI=1S/C10H17N2O5P/c1-11-8(14)4-5-12(6-13)9-2-3-10(17-9)16-7-18-15/h4-6,9-10,15,18H,2-3,7H2,1H3,(H,11,14)/b5-4-. The van der Waals surface area contributed by atoms with Gasteiger partial charge in [-0.2, -0.15) is 0 Å². The van der Waals surface area contributed by atoms with Crippen molar-refractivity contribution in [1.29, 1.82) is 0 Å². The zero-order valence-electron chi connectivity index (χ0n) is 10.0. The van der Waals surface area contributed by atoms with Gasteiger partial charge in [0.05, 0.1) is 6.35 Å². The van der Waals surface area contributed by atoms with Crippen LogP contribution < -0.4 is 5.32 Å². The molecule has 0 aliphatic carbocycles. The molecule has 18 heavy (non-hydrogen) atoms. The summed E-state index contributed by atoms with van der Waals surface area (Å²) in [5.41, 5.74) is 0. The molecule has 0 aromatic rings. The van der Waals surface area contributed by atoms with E-state index in [2.05, 4.69) is 5.32 Å². The van der Waals surface area contributed by atoms with Crippen LogP contribution in [0.1, 0.15) is 12.8 Å². The van der Waals surface area contributed by atoms with Crippen LogP contribution in [0.15, 0.2) is 12.3 Å². The highest BCUT2D eigenvalue weighted by atomic mass is 31.1. The van der Waals surface area contributed by atoms with E-state index in [0.29, 0.717) is 19.3 Å². The summed E-state index contributed by atoms with van der Waals surface area (Å²) in [6, 6.07) is 0. The van der Waals surface area contributed by atoms with Gasteiger partial charge in [-0.25, -0.2) is 0 Å². The van der Waals surface area contributed by atoms with E-state index < -0.39 is 12.5 Å². The first-order valence-corrected chi connectivity index (χ1v) is 6.63. The van der Waals surface area contributed by atoms with Crippen LogP contribution >= 0.6 is 8.81 Å². The fraction of sp³-hybridized carbons (Fsp3) is 0.600. The molecule has 0 aromatic heterocycles. The minimum atomic E-state index is -0.435. The van der Waals surface area contributed by atoms with Gasteiger partial charge in [-0.05, 0) is 6.42 Å². The lowest BCUT2D eigenvalue weighted by Crippen LogP contribution is -2.30. The van der Waals surface area contributed by atoms with Crippen LogP contribution in [0.2, 0.25) is 0 Å². The molecule has 1 rings (SSSR count). The molecule has 8 heteroatoms.